The van der Waals surface area contributed by atoms with E-state index >= 15 is 0 Å². The lowest BCUT2D eigenvalue weighted by atomic mass is 9.96. The van der Waals surface area contributed by atoms with Crippen LogP contribution in [0.4, 0.5) is 0 Å². The number of hydrogen-bond donors (Lipinski definition) is 1. The topological polar surface area (TPSA) is 94.1 Å². The van der Waals surface area contributed by atoms with Crippen molar-refractivity contribution < 1.29 is 9.59 Å². The molecule has 2 amide bonds. The molecule has 2 rings (SSSR count). The summed E-state index contributed by atoms with van der Waals surface area (Å²) < 4.78 is 1.57. The van der Waals surface area contributed by atoms with Crippen LogP contribution in [-0.4, -0.2) is 44.8 Å². The van der Waals surface area contributed by atoms with Gasteiger partial charge in [0.25, 0.3) is 0 Å². The van der Waals surface area contributed by atoms with E-state index in [9.17, 15) is 9.59 Å². The van der Waals surface area contributed by atoms with Gasteiger partial charge in [0.15, 0.2) is 0 Å². The summed E-state index contributed by atoms with van der Waals surface area (Å²) in [5.41, 5.74) is 6.11. The Kier molecular flexibility index (Phi) is 3.59. The number of nitrogens with zero attached hydrogens (tertiary/aromatic N) is 4. The van der Waals surface area contributed by atoms with Gasteiger partial charge in [-0.3, -0.25) is 9.59 Å². The molecule has 1 aromatic rings. The maximum atomic E-state index is 12.0. The van der Waals surface area contributed by atoms with Crippen LogP contribution in [0.2, 0.25) is 0 Å². The molecule has 0 aliphatic carbocycles. The lowest BCUT2D eigenvalue weighted by Gasteiger charge is -2.30. The van der Waals surface area contributed by atoms with Crippen LogP contribution >= 0.6 is 0 Å². The molecular weight excluding hydrogens is 234 g/mol. The lowest BCUT2D eigenvalue weighted by molar-refractivity contribution is -0.135. The Labute approximate surface area is 105 Å². The second-order valence-corrected chi connectivity index (χ2v) is 4.59. The number of nitrogens with two attached hydrogens (primary N) is 1. The standard InChI is InChI=1S/C11H17N5O2/c1-8-6-13-14-16(8)7-10(17)15-4-2-9(3-5-15)11(12)18/h6,9H,2-5,7H2,1H3,(H2,12,18). The summed E-state index contributed by atoms with van der Waals surface area (Å²) in [7, 11) is 0. The molecular formula is C11H17N5O2. The summed E-state index contributed by atoms with van der Waals surface area (Å²) >= 11 is 0. The number of aromatic nitrogens is 3. The van der Waals surface area contributed by atoms with E-state index in [0.29, 0.717) is 25.9 Å². The van der Waals surface area contributed by atoms with Crippen LogP contribution in [0.3, 0.4) is 0 Å². The Morgan fingerprint density at radius 1 is 1.44 bits per heavy atom. The summed E-state index contributed by atoms with van der Waals surface area (Å²) in [5.74, 6) is -0.358. The normalized spacial score (nSPS) is 16.8. The molecule has 1 aromatic heterocycles. The molecule has 98 valence electrons. The Balaban J connectivity index is 1.88. The number of rotatable bonds is 3. The molecule has 1 saturated heterocycles. The highest BCUT2D eigenvalue weighted by atomic mass is 16.2. The Morgan fingerprint density at radius 2 is 2.11 bits per heavy atom. The van der Waals surface area contributed by atoms with E-state index in [-0.39, 0.29) is 24.3 Å². The van der Waals surface area contributed by atoms with Crippen LogP contribution in [0.5, 0.6) is 0 Å². The highest BCUT2D eigenvalue weighted by Crippen LogP contribution is 2.16. The minimum absolute atomic E-state index is 0.00604. The first-order valence-electron chi connectivity index (χ1n) is 6.00. The Morgan fingerprint density at radius 3 is 2.61 bits per heavy atom. The van der Waals surface area contributed by atoms with E-state index < -0.39 is 0 Å². The lowest BCUT2D eigenvalue weighted by Crippen LogP contribution is -2.43. The van der Waals surface area contributed by atoms with E-state index in [2.05, 4.69) is 10.3 Å². The molecule has 0 aromatic carbocycles. The second kappa shape index (κ2) is 5.16. The van der Waals surface area contributed by atoms with Gasteiger partial charge < -0.3 is 10.6 Å². The van der Waals surface area contributed by atoms with Gasteiger partial charge in [-0.05, 0) is 19.8 Å². The molecule has 1 fully saturated rings. The zero-order valence-corrected chi connectivity index (χ0v) is 10.4. The fraction of sp³-hybridized carbons (Fsp3) is 0.636. The summed E-state index contributed by atoms with van der Waals surface area (Å²) in [6.07, 6.45) is 2.92. The predicted octanol–water partition coefficient (Wildman–Crippen LogP) is -0.690. The van der Waals surface area contributed by atoms with Crippen LogP contribution < -0.4 is 5.73 Å². The third-order valence-corrected chi connectivity index (χ3v) is 3.35. The maximum absolute atomic E-state index is 12.0. The zero-order chi connectivity index (χ0) is 13.1. The van der Waals surface area contributed by atoms with Crippen LogP contribution in [-0.2, 0) is 16.1 Å². The zero-order valence-electron chi connectivity index (χ0n) is 10.4. The highest BCUT2D eigenvalue weighted by Gasteiger charge is 2.26. The quantitative estimate of drug-likeness (QED) is 0.769. The molecule has 0 spiro atoms. The smallest absolute Gasteiger partial charge is 0.244 e. The van der Waals surface area contributed by atoms with Gasteiger partial charge in [-0.25, -0.2) is 4.68 Å². The van der Waals surface area contributed by atoms with Gasteiger partial charge in [0.05, 0.1) is 11.9 Å². The average molecular weight is 251 g/mol. The van der Waals surface area contributed by atoms with Gasteiger partial charge >= 0.3 is 0 Å². The van der Waals surface area contributed by atoms with E-state index in [1.54, 1.807) is 15.8 Å². The van der Waals surface area contributed by atoms with Crippen molar-refractivity contribution >= 4 is 11.8 Å². The van der Waals surface area contributed by atoms with E-state index in [1.807, 2.05) is 6.92 Å². The van der Waals surface area contributed by atoms with Gasteiger partial charge in [-0.1, -0.05) is 5.21 Å². The van der Waals surface area contributed by atoms with Crippen molar-refractivity contribution in [3.05, 3.63) is 11.9 Å². The number of piperidine rings is 1. The minimum atomic E-state index is -0.269. The third-order valence-electron chi connectivity index (χ3n) is 3.35. The minimum Gasteiger partial charge on any atom is -0.369 e. The van der Waals surface area contributed by atoms with Gasteiger partial charge in [-0.15, -0.1) is 5.10 Å². The summed E-state index contributed by atoms with van der Waals surface area (Å²) in [4.78, 5) is 24.8. The first kappa shape index (κ1) is 12.5. The molecule has 0 saturated carbocycles. The van der Waals surface area contributed by atoms with E-state index in [4.69, 9.17) is 5.73 Å². The number of amides is 2. The van der Waals surface area contributed by atoms with Crippen LogP contribution in [0, 0.1) is 12.8 Å². The molecule has 7 nitrogen and oxygen atoms in total. The Bertz CT molecular complexity index is 448. The highest BCUT2D eigenvalue weighted by molar-refractivity contribution is 5.78. The molecule has 2 heterocycles. The first-order chi connectivity index (χ1) is 8.58. The molecule has 0 atom stereocenters. The SMILES string of the molecule is Cc1cnnn1CC(=O)N1CCC(C(N)=O)CC1. The predicted molar refractivity (Wildman–Crippen MR) is 63.3 cm³/mol. The van der Waals surface area contributed by atoms with Gasteiger partial charge in [0.1, 0.15) is 6.54 Å². The molecule has 7 heteroatoms. The molecule has 1 aliphatic heterocycles. The van der Waals surface area contributed by atoms with Gasteiger partial charge in [-0.2, -0.15) is 0 Å². The summed E-state index contributed by atoms with van der Waals surface area (Å²) in [5, 5.41) is 7.58. The average Bonchev–Trinajstić information content (AvgIpc) is 2.75. The monoisotopic (exact) mass is 251 g/mol. The summed E-state index contributed by atoms with van der Waals surface area (Å²) in [6, 6.07) is 0. The fourth-order valence-corrected chi connectivity index (χ4v) is 2.11. The van der Waals surface area contributed by atoms with Crippen molar-refractivity contribution in [1.82, 2.24) is 19.9 Å². The maximum Gasteiger partial charge on any atom is 0.244 e. The molecule has 0 unspecified atom stereocenters. The summed E-state index contributed by atoms with van der Waals surface area (Å²) in [6.45, 7) is 3.22. The first-order valence-corrected chi connectivity index (χ1v) is 6.00. The molecule has 2 N–H and O–H groups in total. The Hall–Kier alpha value is -1.92. The number of likely N-dealkylation sites (tertiary alicyclic amines) is 1. The molecule has 0 radical (unpaired) electrons. The van der Waals surface area contributed by atoms with Gasteiger partial charge in [0.2, 0.25) is 11.8 Å². The van der Waals surface area contributed by atoms with Gasteiger partial charge in [0, 0.05) is 19.0 Å². The van der Waals surface area contributed by atoms with Crippen molar-refractivity contribution in [2.24, 2.45) is 11.7 Å². The van der Waals surface area contributed by atoms with Crippen LogP contribution in [0.1, 0.15) is 18.5 Å². The third kappa shape index (κ3) is 2.66. The second-order valence-electron chi connectivity index (χ2n) is 4.59. The molecule has 1 aliphatic rings. The van der Waals surface area contributed by atoms with E-state index in [1.165, 1.54) is 0 Å². The number of carbonyl (C=O) groups excluding carboxylic acids is 2. The van der Waals surface area contributed by atoms with E-state index in [0.717, 1.165) is 5.69 Å². The fourth-order valence-electron chi connectivity index (χ4n) is 2.11. The molecule has 0 bridgehead atoms. The van der Waals surface area contributed by atoms with Crippen LogP contribution in [0.15, 0.2) is 6.20 Å². The van der Waals surface area contributed by atoms with Crippen molar-refractivity contribution in [3.8, 4) is 0 Å². The number of carbonyl (C=O) groups is 2. The molecule has 18 heavy (non-hydrogen) atoms. The largest absolute Gasteiger partial charge is 0.369 e. The number of aryl methyl sites for hydroxylation is 1. The van der Waals surface area contributed by atoms with Crippen LogP contribution in [0.25, 0.3) is 0 Å². The number of primary amides is 1. The van der Waals surface area contributed by atoms with Crippen molar-refractivity contribution in [2.45, 2.75) is 26.3 Å². The number of hydrogen-bond acceptors (Lipinski definition) is 4. The van der Waals surface area contributed by atoms with Crippen molar-refractivity contribution in [2.75, 3.05) is 13.1 Å². The van der Waals surface area contributed by atoms with Crippen molar-refractivity contribution in [1.29, 1.82) is 0 Å². The van der Waals surface area contributed by atoms with Crippen molar-refractivity contribution in [3.63, 3.8) is 0 Å².